The summed E-state index contributed by atoms with van der Waals surface area (Å²) >= 11 is 3.38. The molecular formula is C66H38N6S2. The second kappa shape index (κ2) is 15.9. The van der Waals surface area contributed by atoms with Gasteiger partial charge in [0, 0.05) is 44.3 Å². The molecule has 0 aliphatic heterocycles. The fraction of sp³-hybridized carbons (Fsp3) is 0.0152. The molecule has 2 aliphatic carbocycles. The van der Waals surface area contributed by atoms with Crippen LogP contribution in [0.15, 0.2) is 231 Å². The van der Waals surface area contributed by atoms with E-state index in [2.05, 4.69) is 223 Å². The van der Waals surface area contributed by atoms with Crippen LogP contribution in [0.4, 0.5) is 0 Å². The number of nitrogens with zero attached hydrogens (tertiary/aromatic N) is 6. The van der Waals surface area contributed by atoms with Crippen LogP contribution in [-0.2, 0) is 5.41 Å². The van der Waals surface area contributed by atoms with Crippen molar-refractivity contribution in [3.05, 3.63) is 253 Å². The SMILES string of the molecule is c1ccc(-n2c3ccccc3c3c(-c4nc(-c5cc(-c6nc7ccccc7s6)cc(-c6nc7ccccc7s6)c5)nc(-c5ccc6c(c5)C5(c7ccccc7-c7ccccc75)c5ccccc5-6)n4)cccc32)cc1. The van der Waals surface area contributed by atoms with E-state index in [1.165, 1.54) is 44.5 Å². The number of fused-ring (bicyclic) bond motifs is 15. The Morgan fingerprint density at radius 1 is 0.324 bits per heavy atom. The average Bonchev–Trinajstić information content (AvgIpc) is 4.31. The van der Waals surface area contributed by atoms with Crippen molar-refractivity contribution >= 4 is 64.9 Å². The fourth-order valence-electron chi connectivity index (χ4n) is 12.0. The van der Waals surface area contributed by atoms with E-state index in [0.717, 1.165) is 85.8 Å². The Morgan fingerprint density at radius 3 is 1.45 bits per heavy atom. The molecule has 1 spiro atoms. The molecular weight excluding hydrogens is 941 g/mol. The second-order valence-corrected chi connectivity index (χ2v) is 21.2. The second-order valence-electron chi connectivity index (χ2n) is 19.1. The summed E-state index contributed by atoms with van der Waals surface area (Å²) in [5.41, 5.74) is 19.4. The van der Waals surface area contributed by atoms with Crippen LogP contribution >= 0.6 is 22.7 Å². The summed E-state index contributed by atoms with van der Waals surface area (Å²) in [6.45, 7) is 0. The van der Waals surface area contributed by atoms with E-state index < -0.39 is 5.41 Å². The van der Waals surface area contributed by atoms with E-state index in [4.69, 9.17) is 24.9 Å². The zero-order valence-electron chi connectivity index (χ0n) is 39.4. The highest BCUT2D eigenvalue weighted by atomic mass is 32.1. The maximum Gasteiger partial charge on any atom is 0.164 e. The Hall–Kier alpha value is -9.21. The number of benzene rings is 10. The lowest BCUT2D eigenvalue weighted by atomic mass is 9.70. The van der Waals surface area contributed by atoms with Gasteiger partial charge in [-0.1, -0.05) is 158 Å². The molecule has 4 aromatic heterocycles. The maximum absolute atomic E-state index is 5.58. The molecule has 74 heavy (non-hydrogen) atoms. The number of hydrogen-bond donors (Lipinski definition) is 0. The first kappa shape index (κ1) is 41.4. The normalized spacial score (nSPS) is 13.0. The molecule has 0 atom stereocenters. The molecule has 0 radical (unpaired) electrons. The van der Waals surface area contributed by atoms with Gasteiger partial charge in [-0.15, -0.1) is 22.7 Å². The first-order chi connectivity index (χ1) is 36.7. The highest BCUT2D eigenvalue weighted by Gasteiger charge is 2.51. The summed E-state index contributed by atoms with van der Waals surface area (Å²) in [5.74, 6) is 1.75. The van der Waals surface area contributed by atoms with Crippen molar-refractivity contribution < 1.29 is 0 Å². The molecule has 0 unspecified atom stereocenters. The van der Waals surface area contributed by atoms with Crippen LogP contribution in [0.25, 0.3) is 125 Å². The van der Waals surface area contributed by atoms with Crippen LogP contribution in [0.1, 0.15) is 22.3 Å². The molecule has 14 aromatic rings. The van der Waals surface area contributed by atoms with E-state index in [0.29, 0.717) is 17.5 Å². The van der Waals surface area contributed by atoms with Crippen molar-refractivity contribution in [2.45, 2.75) is 5.41 Å². The summed E-state index contributed by atoms with van der Waals surface area (Å²) < 4.78 is 4.61. The van der Waals surface area contributed by atoms with E-state index in [1.54, 1.807) is 22.7 Å². The fourth-order valence-corrected chi connectivity index (χ4v) is 14.0. The molecule has 4 heterocycles. The van der Waals surface area contributed by atoms with Crippen LogP contribution in [-0.4, -0.2) is 29.5 Å². The summed E-state index contributed by atoms with van der Waals surface area (Å²) in [6.07, 6.45) is 0. The lowest BCUT2D eigenvalue weighted by Crippen LogP contribution is -2.25. The molecule has 2 aliphatic rings. The van der Waals surface area contributed by atoms with Crippen molar-refractivity contribution in [1.82, 2.24) is 29.5 Å². The van der Waals surface area contributed by atoms with Gasteiger partial charge in [0.05, 0.1) is 36.9 Å². The van der Waals surface area contributed by atoms with E-state index in [1.807, 2.05) is 12.1 Å². The predicted octanol–water partition coefficient (Wildman–Crippen LogP) is 16.9. The number of para-hydroxylation sites is 4. The monoisotopic (exact) mass is 978 g/mol. The summed E-state index contributed by atoms with van der Waals surface area (Å²) in [5, 5.41) is 4.04. The van der Waals surface area contributed by atoms with Crippen LogP contribution in [0, 0.1) is 0 Å². The largest absolute Gasteiger partial charge is 0.309 e. The van der Waals surface area contributed by atoms with Gasteiger partial charge in [0.15, 0.2) is 17.5 Å². The molecule has 344 valence electrons. The van der Waals surface area contributed by atoms with Gasteiger partial charge in [0.25, 0.3) is 0 Å². The molecule has 10 aromatic carbocycles. The summed E-state index contributed by atoms with van der Waals surface area (Å²) in [7, 11) is 0. The van der Waals surface area contributed by atoms with Crippen LogP contribution in [0.5, 0.6) is 0 Å². The predicted molar refractivity (Wildman–Crippen MR) is 304 cm³/mol. The van der Waals surface area contributed by atoms with Gasteiger partial charge in [-0.05, 0) is 117 Å². The molecule has 0 bridgehead atoms. The molecule has 0 saturated carbocycles. The van der Waals surface area contributed by atoms with Crippen LogP contribution < -0.4 is 0 Å². The van der Waals surface area contributed by atoms with Gasteiger partial charge in [0.2, 0.25) is 0 Å². The van der Waals surface area contributed by atoms with Crippen molar-refractivity contribution in [1.29, 1.82) is 0 Å². The van der Waals surface area contributed by atoms with Gasteiger partial charge in [-0.25, -0.2) is 24.9 Å². The Morgan fingerprint density at radius 2 is 0.811 bits per heavy atom. The third kappa shape index (κ3) is 6.01. The average molecular weight is 979 g/mol. The van der Waals surface area contributed by atoms with Crippen molar-refractivity contribution in [2.75, 3.05) is 0 Å². The Kier molecular flexibility index (Phi) is 8.89. The number of aromatic nitrogens is 6. The third-order valence-corrected chi connectivity index (χ3v) is 17.3. The smallest absolute Gasteiger partial charge is 0.164 e. The van der Waals surface area contributed by atoms with Crippen LogP contribution in [0.3, 0.4) is 0 Å². The Labute approximate surface area is 433 Å². The Balaban J connectivity index is 0.973. The van der Waals surface area contributed by atoms with E-state index >= 15 is 0 Å². The Bertz CT molecular complexity index is 4420. The van der Waals surface area contributed by atoms with E-state index in [-0.39, 0.29) is 0 Å². The molecule has 8 heteroatoms. The molecule has 16 rings (SSSR count). The quantitative estimate of drug-likeness (QED) is 0.166. The van der Waals surface area contributed by atoms with Gasteiger partial charge in [0.1, 0.15) is 10.0 Å². The molecule has 6 nitrogen and oxygen atoms in total. The zero-order chi connectivity index (χ0) is 48.5. The standard InChI is InChI=1S/C66H38N6S2/c1-2-17-43(18-3-1)72-56-29-13-7-22-48(56)60-49(23-16-30-57(60)72)63-70-61(39-33-34-47-46-21-6-10-26-52(46)66(53(47)38-39)50-24-8-4-19-44(50)45-20-5-9-25-51(45)66)69-62(71-63)40-35-41(64-67-54-27-11-14-31-58(54)73-64)37-42(36-40)65-68-55-28-12-15-32-59(55)74-65/h1-38H. The molecule has 0 N–H and O–H groups in total. The first-order valence-electron chi connectivity index (χ1n) is 24.8. The van der Waals surface area contributed by atoms with Crippen LogP contribution in [0.2, 0.25) is 0 Å². The van der Waals surface area contributed by atoms with Crippen molar-refractivity contribution in [3.63, 3.8) is 0 Å². The number of rotatable bonds is 6. The van der Waals surface area contributed by atoms with Gasteiger partial charge in [-0.2, -0.15) is 0 Å². The minimum absolute atomic E-state index is 0.531. The zero-order valence-corrected chi connectivity index (χ0v) is 41.1. The minimum Gasteiger partial charge on any atom is -0.309 e. The topological polar surface area (TPSA) is 69.4 Å². The van der Waals surface area contributed by atoms with E-state index in [9.17, 15) is 0 Å². The lowest BCUT2D eigenvalue weighted by molar-refractivity contribution is 0.794. The number of hydrogen-bond acceptors (Lipinski definition) is 7. The number of thiazole rings is 2. The first-order valence-corrected chi connectivity index (χ1v) is 26.4. The summed E-state index contributed by atoms with van der Waals surface area (Å²) in [4.78, 5) is 27.1. The highest BCUT2D eigenvalue weighted by Crippen LogP contribution is 2.63. The molecule has 0 saturated heterocycles. The summed E-state index contributed by atoms with van der Waals surface area (Å²) in [6, 6.07) is 82.7. The highest BCUT2D eigenvalue weighted by molar-refractivity contribution is 7.22. The molecule has 0 fully saturated rings. The van der Waals surface area contributed by atoms with Gasteiger partial charge >= 0.3 is 0 Å². The third-order valence-electron chi connectivity index (χ3n) is 15.1. The van der Waals surface area contributed by atoms with Crippen molar-refractivity contribution in [3.8, 4) is 83.2 Å². The maximum atomic E-state index is 5.58. The van der Waals surface area contributed by atoms with Gasteiger partial charge < -0.3 is 4.57 Å². The molecule has 0 amide bonds. The lowest BCUT2D eigenvalue weighted by Gasteiger charge is -2.30. The minimum atomic E-state index is -0.531. The van der Waals surface area contributed by atoms with Gasteiger partial charge in [-0.3, -0.25) is 0 Å². The van der Waals surface area contributed by atoms with Crippen molar-refractivity contribution in [2.24, 2.45) is 0 Å².